The first-order chi connectivity index (χ1) is 20.3. The largest absolute Gasteiger partial charge is 0.479 e. The van der Waals surface area contributed by atoms with Crippen molar-refractivity contribution in [1.82, 2.24) is 5.32 Å². The molecule has 0 aliphatic heterocycles. The Morgan fingerprint density at radius 1 is 1.02 bits per heavy atom. The van der Waals surface area contributed by atoms with Crippen LogP contribution in [0.25, 0.3) is 0 Å². The van der Waals surface area contributed by atoms with Crippen molar-refractivity contribution in [3.63, 3.8) is 0 Å². The number of amides is 1. The van der Waals surface area contributed by atoms with E-state index >= 15 is 0 Å². The summed E-state index contributed by atoms with van der Waals surface area (Å²) in [5.41, 5.74) is -1.79. The Labute approximate surface area is 250 Å². The fourth-order valence-electron chi connectivity index (χ4n) is 8.57. The molecule has 0 heterocycles. The van der Waals surface area contributed by atoms with Crippen molar-refractivity contribution in [3.8, 4) is 0 Å². The van der Waals surface area contributed by atoms with Crippen LogP contribution in [0, 0.1) is 28.6 Å². The Kier molecular flexibility index (Phi) is 8.19. The van der Waals surface area contributed by atoms with Crippen LogP contribution in [0.5, 0.6) is 0 Å². The summed E-state index contributed by atoms with van der Waals surface area (Å²) in [4.78, 5) is 75.7. The lowest BCUT2D eigenvalue weighted by atomic mass is 9.46. The third kappa shape index (κ3) is 5.34. The Morgan fingerprint density at radius 2 is 1.74 bits per heavy atom. The average molecular weight is 594 g/mol. The molecule has 4 aliphatic rings. The summed E-state index contributed by atoms with van der Waals surface area (Å²) in [7, 11) is 0. The molecular formula is C33H39NO9. The zero-order valence-corrected chi connectivity index (χ0v) is 24.6. The Balaban J connectivity index is 1.19. The lowest BCUT2D eigenvalue weighted by Gasteiger charge is -2.57. The number of hydrogen-bond donors (Lipinski definition) is 3. The Bertz CT molecular complexity index is 1390. The van der Waals surface area contributed by atoms with Crippen LogP contribution < -0.4 is 5.32 Å². The standard InChI is InChI=1S/C33H39NO9/c1-31-14-12-21(35)16-20(31)8-9-22-23-13-15-33(42,32(23,2)17-24(36)28(22)31)25(37)18-43-27(39)11-10-26(38)34-29(30(40)41)19-6-4-3-5-7-19/h3-7,16,22-23,28-29,42H,8-15,17-18H2,1-2H3,(H,34,38)(H,40,41)/t22-,23+,28+,29-,31+,32+,33+/m1/s1. The lowest BCUT2D eigenvalue weighted by molar-refractivity contribution is -0.173. The second-order valence-electron chi connectivity index (χ2n) is 13.1. The number of nitrogens with one attached hydrogen (secondary N) is 1. The molecule has 3 saturated carbocycles. The topological polar surface area (TPSA) is 164 Å². The number of ketones is 3. The predicted octanol–water partition coefficient (Wildman–Crippen LogP) is 3.26. The van der Waals surface area contributed by atoms with Crippen molar-refractivity contribution >= 4 is 35.2 Å². The SMILES string of the molecule is C[C@]12CCC(=O)C=C1CC[C@H]1[C@H]2C(=O)C[C@@]2(C)[C@H]1CC[C@]2(O)C(=O)COC(=O)CCC(=O)N[C@@H](C(=O)O)c1ccccc1. The fraction of sp³-hybridized carbons (Fsp3) is 0.576. The first kappa shape index (κ1) is 30.8. The number of carbonyl (C=O) groups excluding carboxylic acids is 5. The predicted molar refractivity (Wildman–Crippen MR) is 152 cm³/mol. The quantitative estimate of drug-likeness (QED) is 0.365. The van der Waals surface area contributed by atoms with Crippen molar-refractivity contribution in [2.45, 2.75) is 83.3 Å². The van der Waals surface area contributed by atoms with E-state index in [2.05, 4.69) is 12.2 Å². The lowest BCUT2D eigenvalue weighted by Crippen LogP contribution is -2.61. The maximum absolute atomic E-state index is 13.8. The maximum Gasteiger partial charge on any atom is 0.330 e. The van der Waals surface area contributed by atoms with Gasteiger partial charge in [0.25, 0.3) is 0 Å². The van der Waals surface area contributed by atoms with E-state index in [-0.39, 0.29) is 60.4 Å². The van der Waals surface area contributed by atoms with Crippen LogP contribution in [0.15, 0.2) is 42.0 Å². The Morgan fingerprint density at radius 3 is 2.44 bits per heavy atom. The van der Waals surface area contributed by atoms with Crippen LogP contribution in [-0.4, -0.2) is 57.6 Å². The number of carboxylic acid groups (broad SMARTS) is 1. The van der Waals surface area contributed by atoms with Gasteiger partial charge in [-0.2, -0.15) is 0 Å². The summed E-state index contributed by atoms with van der Waals surface area (Å²) in [6.45, 7) is 3.20. The molecule has 43 heavy (non-hydrogen) atoms. The molecule has 4 aliphatic carbocycles. The van der Waals surface area contributed by atoms with Crippen LogP contribution in [-0.2, 0) is 33.5 Å². The zero-order chi connectivity index (χ0) is 31.2. The van der Waals surface area contributed by atoms with Gasteiger partial charge < -0.3 is 20.3 Å². The number of esters is 1. The highest BCUT2D eigenvalue weighted by molar-refractivity contribution is 5.95. The number of fused-ring (bicyclic) bond motifs is 5. The van der Waals surface area contributed by atoms with Crippen molar-refractivity contribution in [2.24, 2.45) is 28.6 Å². The number of Topliss-reactive ketones (excluding diaryl/α,β-unsaturated/α-hetero) is 2. The van der Waals surface area contributed by atoms with Gasteiger partial charge in [-0.05, 0) is 61.0 Å². The van der Waals surface area contributed by atoms with E-state index < -0.39 is 47.3 Å². The molecule has 0 spiro atoms. The van der Waals surface area contributed by atoms with Crippen LogP contribution in [0.4, 0.5) is 0 Å². The molecular weight excluding hydrogens is 554 g/mol. The van der Waals surface area contributed by atoms with Crippen molar-refractivity contribution in [2.75, 3.05) is 6.61 Å². The first-order valence-corrected chi connectivity index (χ1v) is 15.0. The summed E-state index contributed by atoms with van der Waals surface area (Å²) >= 11 is 0. The summed E-state index contributed by atoms with van der Waals surface area (Å²) in [6.07, 6.45) is 4.27. The summed E-state index contributed by atoms with van der Waals surface area (Å²) < 4.78 is 5.15. The summed E-state index contributed by atoms with van der Waals surface area (Å²) in [5, 5.41) is 23.6. The number of ether oxygens (including phenoxy) is 1. The highest BCUT2D eigenvalue weighted by Crippen LogP contribution is 2.66. The molecule has 1 aromatic carbocycles. The van der Waals surface area contributed by atoms with Crippen LogP contribution in [0.1, 0.15) is 83.2 Å². The molecule has 3 N–H and O–H groups in total. The highest BCUT2D eigenvalue weighted by atomic mass is 16.5. The molecule has 10 nitrogen and oxygen atoms in total. The number of aliphatic carboxylic acids is 1. The summed E-state index contributed by atoms with van der Waals surface area (Å²) in [6, 6.07) is 6.88. The highest BCUT2D eigenvalue weighted by Gasteiger charge is 2.68. The molecule has 1 aromatic rings. The molecule has 0 saturated heterocycles. The van der Waals surface area contributed by atoms with Crippen molar-refractivity contribution in [1.29, 1.82) is 0 Å². The molecule has 0 radical (unpaired) electrons. The van der Waals surface area contributed by atoms with Crippen LogP contribution in [0.2, 0.25) is 0 Å². The number of allylic oxidation sites excluding steroid dienone is 1. The van der Waals surface area contributed by atoms with Gasteiger partial charge in [-0.15, -0.1) is 0 Å². The minimum Gasteiger partial charge on any atom is -0.479 e. The van der Waals surface area contributed by atoms with E-state index in [1.54, 1.807) is 43.3 Å². The van der Waals surface area contributed by atoms with Gasteiger partial charge in [0.15, 0.2) is 18.4 Å². The molecule has 0 aromatic heterocycles. The number of aliphatic hydroxyl groups is 1. The first-order valence-electron chi connectivity index (χ1n) is 15.0. The van der Waals surface area contributed by atoms with Gasteiger partial charge in [0.2, 0.25) is 11.7 Å². The molecule has 1 amide bonds. The van der Waals surface area contributed by atoms with E-state index in [9.17, 15) is 39.0 Å². The monoisotopic (exact) mass is 593 g/mol. The number of benzene rings is 1. The van der Waals surface area contributed by atoms with E-state index in [4.69, 9.17) is 4.74 Å². The van der Waals surface area contributed by atoms with Gasteiger partial charge in [-0.25, -0.2) is 4.79 Å². The van der Waals surface area contributed by atoms with Crippen LogP contribution >= 0.6 is 0 Å². The van der Waals surface area contributed by atoms with Crippen molar-refractivity contribution in [3.05, 3.63) is 47.5 Å². The third-order valence-corrected chi connectivity index (χ3v) is 10.9. The molecule has 0 bridgehead atoms. The molecule has 3 fully saturated rings. The van der Waals surface area contributed by atoms with E-state index in [0.717, 1.165) is 18.4 Å². The molecule has 10 heteroatoms. The number of carbonyl (C=O) groups is 6. The van der Waals surface area contributed by atoms with Crippen molar-refractivity contribution < 1.29 is 43.7 Å². The minimum absolute atomic E-state index is 0.00463. The van der Waals surface area contributed by atoms with Gasteiger partial charge in [-0.3, -0.25) is 24.0 Å². The van der Waals surface area contributed by atoms with Crippen LogP contribution in [0.3, 0.4) is 0 Å². The third-order valence-electron chi connectivity index (χ3n) is 10.9. The van der Waals surface area contributed by atoms with Gasteiger partial charge in [0.05, 0.1) is 6.42 Å². The molecule has 0 unspecified atom stereocenters. The number of hydrogen-bond acceptors (Lipinski definition) is 8. The molecule has 5 rings (SSSR count). The second-order valence-corrected chi connectivity index (χ2v) is 13.1. The van der Waals surface area contributed by atoms with Gasteiger partial charge in [0, 0.05) is 30.6 Å². The molecule has 7 atom stereocenters. The number of carboxylic acids is 1. The zero-order valence-electron chi connectivity index (χ0n) is 24.6. The van der Waals surface area contributed by atoms with Gasteiger partial charge in [0.1, 0.15) is 11.4 Å². The van der Waals surface area contributed by atoms with E-state index in [0.29, 0.717) is 24.8 Å². The maximum atomic E-state index is 13.8. The Hall–Kier alpha value is -3.66. The van der Waals surface area contributed by atoms with Gasteiger partial charge >= 0.3 is 11.9 Å². The average Bonchev–Trinajstić information content (AvgIpc) is 3.24. The van der Waals surface area contributed by atoms with E-state index in [1.165, 1.54) is 0 Å². The molecule has 230 valence electrons. The number of rotatable bonds is 9. The van der Waals surface area contributed by atoms with E-state index in [1.807, 2.05) is 0 Å². The normalized spacial score (nSPS) is 33.7. The fourth-order valence-corrected chi connectivity index (χ4v) is 8.57. The van der Waals surface area contributed by atoms with Gasteiger partial charge in [-0.1, -0.05) is 49.8 Å². The second kappa shape index (κ2) is 11.4. The summed E-state index contributed by atoms with van der Waals surface area (Å²) in [5.74, 6) is -3.61. The smallest absolute Gasteiger partial charge is 0.330 e. The minimum atomic E-state index is -1.83.